The van der Waals surface area contributed by atoms with E-state index in [2.05, 4.69) is 15.3 Å². The van der Waals surface area contributed by atoms with Gasteiger partial charge in [-0.3, -0.25) is 9.78 Å². The van der Waals surface area contributed by atoms with Crippen LogP contribution >= 0.6 is 0 Å². The maximum absolute atomic E-state index is 13.5. The summed E-state index contributed by atoms with van der Waals surface area (Å²) >= 11 is 0. The van der Waals surface area contributed by atoms with Crippen molar-refractivity contribution in [3.05, 3.63) is 40.8 Å². The number of hydrogen-bond acceptors (Lipinski definition) is 3. The molecule has 0 saturated carbocycles. The Morgan fingerprint density at radius 1 is 1.04 bits per heavy atom. The molecule has 0 fully saturated rings. The lowest BCUT2D eigenvalue weighted by Crippen LogP contribution is -2.11. The van der Waals surface area contributed by atoms with Crippen LogP contribution in [0.1, 0.15) is 35.4 Å². The van der Waals surface area contributed by atoms with Crippen molar-refractivity contribution in [1.29, 1.82) is 0 Å². The highest BCUT2D eigenvalue weighted by Crippen LogP contribution is 2.42. The van der Waals surface area contributed by atoms with Crippen molar-refractivity contribution in [3.63, 3.8) is 0 Å². The van der Waals surface area contributed by atoms with Crippen molar-refractivity contribution in [1.82, 2.24) is 25.0 Å². The lowest BCUT2D eigenvalue weighted by molar-refractivity contribution is -0.140. The molecule has 1 aliphatic rings. The summed E-state index contributed by atoms with van der Waals surface area (Å²) in [4.78, 5) is 4.71. The van der Waals surface area contributed by atoms with Crippen LogP contribution < -0.4 is 0 Å². The number of hydrogen-bond donors (Lipinski definition) is 1. The fraction of sp³-hybridized carbons (Fsp3) is 0.350. The van der Waals surface area contributed by atoms with E-state index in [0.717, 1.165) is 52.4 Å². The highest BCUT2D eigenvalue weighted by molar-refractivity contribution is 6.09. The molecule has 5 nitrogen and oxygen atoms in total. The molecule has 0 saturated heterocycles. The third-order valence-corrected chi connectivity index (χ3v) is 5.73. The van der Waals surface area contributed by atoms with Crippen LogP contribution in [0.25, 0.3) is 33.1 Å². The first-order valence-electron chi connectivity index (χ1n) is 9.25. The van der Waals surface area contributed by atoms with Gasteiger partial charge in [-0.15, -0.1) is 0 Å². The largest absolute Gasteiger partial charge is 0.433 e. The Morgan fingerprint density at radius 3 is 2.50 bits per heavy atom. The summed E-state index contributed by atoms with van der Waals surface area (Å²) < 4.78 is 42.2. The molecule has 3 heterocycles. The molecule has 0 unspecified atom stereocenters. The first-order chi connectivity index (χ1) is 13.4. The van der Waals surface area contributed by atoms with E-state index < -0.39 is 11.9 Å². The third kappa shape index (κ3) is 2.36. The van der Waals surface area contributed by atoms with Crippen molar-refractivity contribution in [2.75, 3.05) is 0 Å². The summed E-state index contributed by atoms with van der Waals surface area (Å²) in [6.07, 6.45) is 0.223. The van der Waals surface area contributed by atoms with Crippen molar-refractivity contribution in [3.8, 4) is 11.3 Å². The fourth-order valence-corrected chi connectivity index (χ4v) is 4.36. The van der Waals surface area contributed by atoms with Crippen molar-refractivity contribution >= 4 is 21.8 Å². The van der Waals surface area contributed by atoms with E-state index in [1.165, 1.54) is 6.20 Å². The second kappa shape index (κ2) is 5.80. The number of halogens is 3. The number of aromatic nitrogens is 5. The van der Waals surface area contributed by atoms with Gasteiger partial charge in [-0.1, -0.05) is 0 Å². The summed E-state index contributed by atoms with van der Waals surface area (Å²) in [6, 6.07) is 3.74. The number of alkyl halides is 3. The maximum atomic E-state index is 13.5. The van der Waals surface area contributed by atoms with Gasteiger partial charge in [-0.2, -0.15) is 23.4 Å². The van der Waals surface area contributed by atoms with E-state index in [9.17, 15) is 13.2 Å². The molecule has 144 valence electrons. The maximum Gasteiger partial charge on any atom is 0.433 e. The minimum atomic E-state index is -4.51. The highest BCUT2D eigenvalue weighted by atomic mass is 19.4. The quantitative estimate of drug-likeness (QED) is 0.516. The third-order valence-electron chi connectivity index (χ3n) is 5.73. The Kier molecular flexibility index (Phi) is 3.56. The van der Waals surface area contributed by atoms with Crippen LogP contribution in [0.5, 0.6) is 0 Å². The van der Waals surface area contributed by atoms with Crippen molar-refractivity contribution in [2.45, 2.75) is 38.8 Å². The molecule has 5 rings (SSSR count). The molecular weight excluding hydrogens is 367 g/mol. The van der Waals surface area contributed by atoms with E-state index in [1.54, 1.807) is 0 Å². The normalized spacial score (nSPS) is 14.8. The molecule has 1 N–H and O–H groups in total. The van der Waals surface area contributed by atoms with Gasteiger partial charge >= 0.3 is 6.18 Å². The Morgan fingerprint density at radius 2 is 1.75 bits per heavy atom. The second-order valence-electron chi connectivity index (χ2n) is 7.34. The Hall–Kier alpha value is -2.90. The van der Waals surface area contributed by atoms with Crippen LogP contribution in [-0.4, -0.2) is 25.0 Å². The van der Waals surface area contributed by atoms with Crippen molar-refractivity contribution in [2.24, 2.45) is 7.05 Å². The van der Waals surface area contributed by atoms with E-state index in [4.69, 9.17) is 4.98 Å². The minimum Gasteiger partial charge on any atom is -0.273 e. The van der Waals surface area contributed by atoms with Gasteiger partial charge in [0.25, 0.3) is 0 Å². The molecule has 8 heteroatoms. The molecular formula is C20H18F3N5. The molecule has 0 amide bonds. The molecule has 0 spiro atoms. The summed E-state index contributed by atoms with van der Waals surface area (Å²) in [5.74, 6) is 0. The smallest absolute Gasteiger partial charge is 0.273 e. The van der Waals surface area contributed by atoms with E-state index in [-0.39, 0.29) is 5.56 Å². The molecule has 4 aromatic rings. The van der Waals surface area contributed by atoms with Gasteiger partial charge in [0.15, 0.2) is 0 Å². The molecule has 28 heavy (non-hydrogen) atoms. The number of pyridine rings is 1. The Bertz CT molecular complexity index is 1230. The van der Waals surface area contributed by atoms with Crippen LogP contribution in [0.3, 0.4) is 0 Å². The Labute approximate surface area is 158 Å². The monoisotopic (exact) mass is 385 g/mol. The number of aromatic amines is 1. The summed E-state index contributed by atoms with van der Waals surface area (Å²) in [5, 5.41) is 12.4. The Balaban J connectivity index is 1.90. The standard InChI is InChI=1S/C20H18F3N5/c1-10-16-15(27-28(10)2)8-7-14-17(16)11-5-3-4-6-12(11)18(25-14)13-9-24-26-19(13)20(21,22)23/h7-9H,3-6H2,1-2H3,(H,24,26). The lowest BCUT2D eigenvalue weighted by Gasteiger charge is -2.22. The number of benzene rings is 1. The molecule has 0 radical (unpaired) electrons. The number of nitrogens with zero attached hydrogens (tertiary/aromatic N) is 4. The topological polar surface area (TPSA) is 59.4 Å². The number of nitrogens with one attached hydrogen (secondary N) is 1. The summed E-state index contributed by atoms with van der Waals surface area (Å²) in [5.41, 5.74) is 4.19. The van der Waals surface area contributed by atoms with Crippen LogP contribution in [0, 0.1) is 6.92 Å². The van der Waals surface area contributed by atoms with Crippen LogP contribution in [0.15, 0.2) is 18.3 Å². The first kappa shape index (κ1) is 17.2. The van der Waals surface area contributed by atoms with E-state index in [1.807, 2.05) is 30.8 Å². The van der Waals surface area contributed by atoms with Gasteiger partial charge in [-0.05, 0) is 55.9 Å². The zero-order valence-electron chi connectivity index (χ0n) is 15.5. The molecule has 1 aliphatic carbocycles. The average Bonchev–Trinajstić information content (AvgIpc) is 3.26. The average molecular weight is 385 g/mol. The van der Waals surface area contributed by atoms with Gasteiger partial charge in [0, 0.05) is 23.5 Å². The van der Waals surface area contributed by atoms with Gasteiger partial charge in [-0.25, -0.2) is 4.98 Å². The molecule has 1 aromatic carbocycles. The lowest BCUT2D eigenvalue weighted by atomic mass is 9.85. The minimum absolute atomic E-state index is 0.0237. The first-order valence-corrected chi connectivity index (χ1v) is 9.25. The highest BCUT2D eigenvalue weighted by Gasteiger charge is 2.37. The van der Waals surface area contributed by atoms with Crippen LogP contribution in [0.2, 0.25) is 0 Å². The fourth-order valence-electron chi connectivity index (χ4n) is 4.36. The SMILES string of the molecule is Cc1c2c(ccc3nc(-c4cn[nH]c4C(F)(F)F)c4c(c32)CCCC4)nn1C. The molecule has 3 aromatic heterocycles. The number of aryl methyl sites for hydroxylation is 3. The number of fused-ring (bicyclic) bond motifs is 5. The van der Waals surface area contributed by atoms with Crippen LogP contribution in [-0.2, 0) is 26.1 Å². The predicted octanol–water partition coefficient (Wildman–Crippen LogP) is 4.72. The number of H-pyrrole nitrogens is 1. The summed E-state index contributed by atoms with van der Waals surface area (Å²) in [7, 11) is 1.90. The zero-order chi connectivity index (χ0) is 19.6. The number of rotatable bonds is 1. The summed E-state index contributed by atoms with van der Waals surface area (Å²) in [6.45, 7) is 2.01. The van der Waals surface area contributed by atoms with Crippen LogP contribution in [0.4, 0.5) is 13.2 Å². The van der Waals surface area contributed by atoms with Gasteiger partial charge < -0.3 is 0 Å². The van der Waals surface area contributed by atoms with Gasteiger partial charge in [0.2, 0.25) is 0 Å². The molecule has 0 atom stereocenters. The molecule has 0 aliphatic heterocycles. The van der Waals surface area contributed by atoms with E-state index in [0.29, 0.717) is 17.6 Å². The molecule has 0 bridgehead atoms. The van der Waals surface area contributed by atoms with Crippen molar-refractivity contribution < 1.29 is 13.2 Å². The van der Waals surface area contributed by atoms with Gasteiger partial charge in [0.05, 0.1) is 28.5 Å². The second-order valence-corrected chi connectivity index (χ2v) is 7.34. The van der Waals surface area contributed by atoms with E-state index >= 15 is 0 Å². The zero-order valence-corrected chi connectivity index (χ0v) is 15.5. The van der Waals surface area contributed by atoms with Gasteiger partial charge in [0.1, 0.15) is 5.69 Å². The predicted molar refractivity (Wildman–Crippen MR) is 100.0 cm³/mol.